The number of amides is 1. The van der Waals surface area contributed by atoms with E-state index >= 15 is 0 Å². The number of benzene rings is 2. The number of ether oxygens (including phenoxy) is 5. The second kappa shape index (κ2) is 9.73. The molecule has 0 spiro atoms. The smallest absolute Gasteiger partial charge is 0.244 e. The molecule has 0 saturated carbocycles. The molecule has 0 radical (unpaired) electrons. The molecule has 0 unspecified atom stereocenters. The molecule has 2 aromatic rings. The minimum Gasteiger partial charge on any atom is -0.493 e. The molecular formula is C22H25NO6. The van der Waals surface area contributed by atoms with Crippen LogP contribution in [0, 0.1) is 0 Å². The SMILES string of the molecule is COc1cc(/C=C/C(=O)NCCc2ccc3c(c2)OCCO3)cc(OC)c1OC. The van der Waals surface area contributed by atoms with E-state index in [1.54, 1.807) is 39.5 Å². The number of methoxy groups -OCH3 is 3. The summed E-state index contributed by atoms with van der Waals surface area (Å²) in [6.07, 6.45) is 3.87. The van der Waals surface area contributed by atoms with Gasteiger partial charge in [0.25, 0.3) is 0 Å². The average molecular weight is 399 g/mol. The van der Waals surface area contributed by atoms with Crippen LogP contribution in [0.5, 0.6) is 28.7 Å². The molecule has 1 aliphatic rings. The van der Waals surface area contributed by atoms with Crippen molar-refractivity contribution in [2.45, 2.75) is 6.42 Å². The number of fused-ring (bicyclic) bond motifs is 1. The van der Waals surface area contributed by atoms with Crippen LogP contribution in [0.1, 0.15) is 11.1 Å². The molecule has 7 nitrogen and oxygen atoms in total. The summed E-state index contributed by atoms with van der Waals surface area (Å²) in [5, 5.41) is 2.88. The van der Waals surface area contributed by atoms with Gasteiger partial charge in [0.05, 0.1) is 21.3 Å². The largest absolute Gasteiger partial charge is 0.493 e. The number of rotatable bonds is 8. The number of carbonyl (C=O) groups excluding carboxylic acids is 1. The lowest BCUT2D eigenvalue weighted by Gasteiger charge is -2.18. The molecule has 1 aliphatic heterocycles. The summed E-state index contributed by atoms with van der Waals surface area (Å²) >= 11 is 0. The predicted molar refractivity (Wildman–Crippen MR) is 109 cm³/mol. The highest BCUT2D eigenvalue weighted by atomic mass is 16.6. The Bertz CT molecular complexity index is 868. The van der Waals surface area contributed by atoms with Crippen molar-refractivity contribution >= 4 is 12.0 Å². The first kappa shape index (κ1) is 20.4. The molecule has 0 saturated heterocycles. The second-order valence-corrected chi connectivity index (χ2v) is 6.31. The lowest BCUT2D eigenvalue weighted by Crippen LogP contribution is -2.23. The zero-order valence-corrected chi connectivity index (χ0v) is 16.8. The van der Waals surface area contributed by atoms with Crippen molar-refractivity contribution in [2.75, 3.05) is 41.1 Å². The van der Waals surface area contributed by atoms with Crippen molar-refractivity contribution in [3.05, 3.63) is 47.5 Å². The minimum absolute atomic E-state index is 0.184. The lowest BCUT2D eigenvalue weighted by molar-refractivity contribution is -0.116. The normalized spacial score (nSPS) is 12.5. The van der Waals surface area contributed by atoms with Crippen LogP contribution >= 0.6 is 0 Å². The summed E-state index contributed by atoms with van der Waals surface area (Å²) in [5.41, 5.74) is 1.84. The van der Waals surface area contributed by atoms with Crippen molar-refractivity contribution in [1.29, 1.82) is 0 Å². The third kappa shape index (κ3) is 5.13. The van der Waals surface area contributed by atoms with Crippen LogP contribution in [0.15, 0.2) is 36.4 Å². The molecule has 29 heavy (non-hydrogen) atoms. The van der Waals surface area contributed by atoms with Crippen LogP contribution < -0.4 is 29.0 Å². The van der Waals surface area contributed by atoms with Crippen LogP contribution in [-0.4, -0.2) is 47.0 Å². The van der Waals surface area contributed by atoms with E-state index in [0.717, 1.165) is 22.6 Å². The summed E-state index contributed by atoms with van der Waals surface area (Å²) in [7, 11) is 4.65. The van der Waals surface area contributed by atoms with E-state index < -0.39 is 0 Å². The maximum absolute atomic E-state index is 12.1. The van der Waals surface area contributed by atoms with E-state index in [1.807, 2.05) is 18.2 Å². The fourth-order valence-corrected chi connectivity index (χ4v) is 3.00. The van der Waals surface area contributed by atoms with E-state index in [4.69, 9.17) is 23.7 Å². The molecule has 0 fully saturated rings. The van der Waals surface area contributed by atoms with Gasteiger partial charge in [-0.1, -0.05) is 6.07 Å². The summed E-state index contributed by atoms with van der Waals surface area (Å²) < 4.78 is 27.0. The Morgan fingerprint density at radius 1 is 1.00 bits per heavy atom. The summed E-state index contributed by atoms with van der Waals surface area (Å²) in [6.45, 7) is 1.64. The summed E-state index contributed by atoms with van der Waals surface area (Å²) in [6, 6.07) is 9.38. The molecule has 1 heterocycles. The van der Waals surface area contributed by atoms with Crippen LogP contribution in [0.3, 0.4) is 0 Å². The maximum Gasteiger partial charge on any atom is 0.244 e. The van der Waals surface area contributed by atoms with E-state index in [2.05, 4.69) is 5.32 Å². The van der Waals surface area contributed by atoms with Gasteiger partial charge in [-0.05, 0) is 47.9 Å². The van der Waals surface area contributed by atoms with Gasteiger partial charge in [0.2, 0.25) is 11.7 Å². The highest BCUT2D eigenvalue weighted by molar-refractivity contribution is 5.91. The number of carbonyl (C=O) groups is 1. The first-order valence-corrected chi connectivity index (χ1v) is 9.29. The van der Waals surface area contributed by atoms with Gasteiger partial charge in [0.15, 0.2) is 23.0 Å². The zero-order chi connectivity index (χ0) is 20.6. The van der Waals surface area contributed by atoms with Crippen molar-refractivity contribution in [1.82, 2.24) is 5.32 Å². The summed E-state index contributed by atoms with van der Waals surface area (Å²) in [5.74, 6) is 2.91. The Hall–Kier alpha value is -3.35. The van der Waals surface area contributed by atoms with E-state index in [-0.39, 0.29) is 5.91 Å². The molecule has 2 aromatic carbocycles. The van der Waals surface area contributed by atoms with Crippen LogP contribution in [0.25, 0.3) is 6.08 Å². The molecule has 1 amide bonds. The zero-order valence-electron chi connectivity index (χ0n) is 16.8. The molecule has 0 bridgehead atoms. The first-order chi connectivity index (χ1) is 14.1. The Balaban J connectivity index is 1.56. The molecule has 1 N–H and O–H groups in total. The van der Waals surface area contributed by atoms with Gasteiger partial charge in [0.1, 0.15) is 13.2 Å². The third-order valence-electron chi connectivity index (χ3n) is 4.43. The third-order valence-corrected chi connectivity index (χ3v) is 4.43. The van der Waals surface area contributed by atoms with E-state index in [1.165, 1.54) is 6.08 Å². The van der Waals surface area contributed by atoms with Gasteiger partial charge in [-0.15, -0.1) is 0 Å². The molecule has 154 valence electrons. The van der Waals surface area contributed by atoms with Gasteiger partial charge in [0, 0.05) is 12.6 Å². The molecule has 0 atom stereocenters. The molecule has 0 aliphatic carbocycles. The predicted octanol–water partition coefficient (Wildman–Crippen LogP) is 2.86. The summed E-state index contributed by atoms with van der Waals surface area (Å²) in [4.78, 5) is 12.1. The fraction of sp³-hybridized carbons (Fsp3) is 0.318. The highest BCUT2D eigenvalue weighted by Crippen LogP contribution is 2.38. The Morgan fingerprint density at radius 3 is 2.34 bits per heavy atom. The van der Waals surface area contributed by atoms with Gasteiger partial charge >= 0.3 is 0 Å². The van der Waals surface area contributed by atoms with Crippen LogP contribution in [0.4, 0.5) is 0 Å². The highest BCUT2D eigenvalue weighted by Gasteiger charge is 2.13. The lowest BCUT2D eigenvalue weighted by atomic mass is 10.1. The van der Waals surface area contributed by atoms with Crippen molar-refractivity contribution in [3.8, 4) is 28.7 Å². The fourth-order valence-electron chi connectivity index (χ4n) is 3.00. The Labute approximate surface area is 170 Å². The second-order valence-electron chi connectivity index (χ2n) is 6.31. The van der Waals surface area contributed by atoms with Crippen molar-refractivity contribution in [2.24, 2.45) is 0 Å². The minimum atomic E-state index is -0.184. The quantitative estimate of drug-likeness (QED) is 0.688. The Kier molecular flexibility index (Phi) is 6.84. The molecule has 3 rings (SSSR count). The molecular weight excluding hydrogens is 374 g/mol. The topological polar surface area (TPSA) is 75.3 Å². The standard InChI is InChI=1S/C22H25NO6/c1-25-19-13-16(14-20(26-2)22(19)27-3)5-7-21(24)23-9-8-15-4-6-17-18(12-15)29-11-10-28-17/h4-7,12-14H,8-11H2,1-3H3,(H,23,24)/b7-5+. The molecule has 7 heteroatoms. The number of nitrogens with one attached hydrogen (secondary N) is 1. The first-order valence-electron chi connectivity index (χ1n) is 9.29. The van der Waals surface area contributed by atoms with Gasteiger partial charge < -0.3 is 29.0 Å². The number of hydrogen-bond acceptors (Lipinski definition) is 6. The van der Waals surface area contributed by atoms with E-state index in [9.17, 15) is 4.79 Å². The average Bonchev–Trinajstić information content (AvgIpc) is 2.76. The van der Waals surface area contributed by atoms with Crippen molar-refractivity contribution < 1.29 is 28.5 Å². The molecule has 0 aromatic heterocycles. The van der Waals surface area contributed by atoms with Crippen molar-refractivity contribution in [3.63, 3.8) is 0 Å². The Morgan fingerprint density at radius 2 is 1.69 bits per heavy atom. The van der Waals surface area contributed by atoms with Crippen LogP contribution in [-0.2, 0) is 11.2 Å². The monoisotopic (exact) mass is 399 g/mol. The van der Waals surface area contributed by atoms with Gasteiger partial charge in [-0.2, -0.15) is 0 Å². The number of hydrogen-bond donors (Lipinski definition) is 1. The van der Waals surface area contributed by atoms with Crippen LogP contribution in [0.2, 0.25) is 0 Å². The van der Waals surface area contributed by atoms with E-state index in [0.29, 0.717) is 43.4 Å². The van der Waals surface area contributed by atoms with Gasteiger partial charge in [-0.3, -0.25) is 4.79 Å². The maximum atomic E-state index is 12.1. The van der Waals surface area contributed by atoms with Gasteiger partial charge in [-0.25, -0.2) is 0 Å².